The SMILES string of the molecule is CCOc1cc(CC(C)=O)cc(C(F)F)c1. The molecule has 88 valence electrons. The van der Waals surface area contributed by atoms with E-state index in [1.807, 2.05) is 0 Å². The van der Waals surface area contributed by atoms with Crippen LogP contribution >= 0.6 is 0 Å². The third-order valence-electron chi connectivity index (χ3n) is 2.00. The van der Waals surface area contributed by atoms with E-state index in [2.05, 4.69) is 0 Å². The maximum Gasteiger partial charge on any atom is 0.263 e. The number of ether oxygens (including phenoxy) is 1. The lowest BCUT2D eigenvalue weighted by atomic mass is 10.1. The van der Waals surface area contributed by atoms with E-state index in [9.17, 15) is 13.6 Å². The van der Waals surface area contributed by atoms with E-state index in [4.69, 9.17) is 4.74 Å². The number of hydrogen-bond donors (Lipinski definition) is 0. The van der Waals surface area contributed by atoms with Gasteiger partial charge < -0.3 is 4.74 Å². The van der Waals surface area contributed by atoms with Gasteiger partial charge in [0, 0.05) is 12.0 Å². The van der Waals surface area contributed by atoms with Gasteiger partial charge in [-0.3, -0.25) is 4.79 Å². The molecule has 0 aliphatic carbocycles. The molecule has 16 heavy (non-hydrogen) atoms. The fourth-order valence-corrected chi connectivity index (χ4v) is 1.45. The normalized spacial score (nSPS) is 10.6. The van der Waals surface area contributed by atoms with Gasteiger partial charge in [-0.05, 0) is 37.6 Å². The van der Waals surface area contributed by atoms with E-state index < -0.39 is 6.43 Å². The summed E-state index contributed by atoms with van der Waals surface area (Å²) >= 11 is 0. The molecule has 0 unspecified atom stereocenters. The molecule has 0 saturated carbocycles. The number of ketones is 1. The van der Waals surface area contributed by atoms with Crippen molar-refractivity contribution in [1.29, 1.82) is 0 Å². The summed E-state index contributed by atoms with van der Waals surface area (Å²) in [5.41, 5.74) is 0.455. The highest BCUT2D eigenvalue weighted by atomic mass is 19.3. The Bertz CT molecular complexity index is 375. The van der Waals surface area contributed by atoms with E-state index in [0.717, 1.165) is 0 Å². The molecule has 0 aliphatic heterocycles. The summed E-state index contributed by atoms with van der Waals surface area (Å²) in [6.07, 6.45) is -2.40. The van der Waals surface area contributed by atoms with E-state index in [1.54, 1.807) is 13.0 Å². The van der Waals surface area contributed by atoms with E-state index in [1.165, 1.54) is 19.1 Å². The number of hydrogen-bond acceptors (Lipinski definition) is 2. The van der Waals surface area contributed by atoms with Crippen molar-refractivity contribution in [3.05, 3.63) is 29.3 Å². The van der Waals surface area contributed by atoms with Crippen molar-refractivity contribution >= 4 is 5.78 Å². The third-order valence-corrected chi connectivity index (χ3v) is 2.00. The van der Waals surface area contributed by atoms with Gasteiger partial charge in [0.05, 0.1) is 6.61 Å². The summed E-state index contributed by atoms with van der Waals surface area (Å²) in [7, 11) is 0. The molecule has 0 radical (unpaired) electrons. The molecule has 0 amide bonds. The number of carbonyl (C=O) groups excluding carboxylic acids is 1. The summed E-state index contributed by atoms with van der Waals surface area (Å²) < 4.78 is 30.3. The molecule has 1 rings (SSSR count). The molecule has 4 heteroatoms. The zero-order valence-electron chi connectivity index (χ0n) is 9.30. The fraction of sp³-hybridized carbons (Fsp3) is 0.417. The molecule has 0 fully saturated rings. The standard InChI is InChI=1S/C12H14F2O2/c1-3-16-11-6-9(4-8(2)15)5-10(7-11)12(13)14/h5-7,12H,3-4H2,1-2H3. The molecule has 0 saturated heterocycles. The topological polar surface area (TPSA) is 26.3 Å². The van der Waals surface area contributed by atoms with Crippen LogP contribution in [-0.4, -0.2) is 12.4 Å². The zero-order chi connectivity index (χ0) is 12.1. The quantitative estimate of drug-likeness (QED) is 0.773. The molecule has 0 aromatic heterocycles. The minimum Gasteiger partial charge on any atom is -0.494 e. The Morgan fingerprint density at radius 1 is 1.38 bits per heavy atom. The minimum absolute atomic E-state index is 0.0612. The summed E-state index contributed by atoms with van der Waals surface area (Å²) in [6, 6.07) is 4.27. The molecule has 0 N–H and O–H groups in total. The Morgan fingerprint density at radius 2 is 2.06 bits per heavy atom. The highest BCUT2D eigenvalue weighted by molar-refractivity contribution is 5.78. The zero-order valence-corrected chi connectivity index (χ0v) is 9.30. The van der Waals surface area contributed by atoms with Gasteiger partial charge in [-0.1, -0.05) is 0 Å². The van der Waals surface area contributed by atoms with Crippen molar-refractivity contribution in [2.24, 2.45) is 0 Å². The van der Waals surface area contributed by atoms with Crippen LogP contribution in [0.2, 0.25) is 0 Å². The molecule has 0 aliphatic rings. The Morgan fingerprint density at radius 3 is 2.56 bits per heavy atom. The van der Waals surface area contributed by atoms with Crippen LogP contribution in [0.3, 0.4) is 0 Å². The predicted molar refractivity (Wildman–Crippen MR) is 57.0 cm³/mol. The molecular weight excluding hydrogens is 214 g/mol. The van der Waals surface area contributed by atoms with Crippen LogP contribution in [0.1, 0.15) is 31.4 Å². The first-order chi connectivity index (χ1) is 7.52. The van der Waals surface area contributed by atoms with Gasteiger partial charge in [-0.15, -0.1) is 0 Å². The number of benzene rings is 1. The molecule has 0 spiro atoms. The van der Waals surface area contributed by atoms with Crippen molar-refractivity contribution in [3.8, 4) is 5.75 Å². The summed E-state index contributed by atoms with van der Waals surface area (Å²) in [5, 5.41) is 0. The van der Waals surface area contributed by atoms with Gasteiger partial charge >= 0.3 is 0 Å². The van der Waals surface area contributed by atoms with E-state index >= 15 is 0 Å². The molecule has 0 heterocycles. The Balaban J connectivity index is 3.03. The molecule has 1 aromatic rings. The summed E-state index contributed by atoms with van der Waals surface area (Å²) in [5.74, 6) is 0.324. The van der Waals surface area contributed by atoms with Crippen molar-refractivity contribution in [3.63, 3.8) is 0 Å². The molecular formula is C12H14F2O2. The molecule has 0 bridgehead atoms. The average Bonchev–Trinajstić information content (AvgIpc) is 2.16. The Labute approximate surface area is 93.2 Å². The highest BCUT2D eigenvalue weighted by Crippen LogP contribution is 2.25. The van der Waals surface area contributed by atoms with Crippen molar-refractivity contribution < 1.29 is 18.3 Å². The first-order valence-electron chi connectivity index (χ1n) is 5.07. The van der Waals surface area contributed by atoms with Gasteiger partial charge in [0.15, 0.2) is 0 Å². The summed E-state index contributed by atoms with van der Waals surface area (Å²) in [4.78, 5) is 10.9. The monoisotopic (exact) mass is 228 g/mol. The maximum absolute atomic E-state index is 12.6. The van der Waals surface area contributed by atoms with Crippen molar-refractivity contribution in [2.75, 3.05) is 6.61 Å². The van der Waals surface area contributed by atoms with Gasteiger partial charge in [-0.25, -0.2) is 8.78 Å². The highest BCUT2D eigenvalue weighted by Gasteiger charge is 2.11. The van der Waals surface area contributed by atoms with Crippen LogP contribution in [-0.2, 0) is 11.2 Å². The second-order valence-electron chi connectivity index (χ2n) is 3.52. The third kappa shape index (κ3) is 3.61. The molecule has 0 atom stereocenters. The van der Waals surface area contributed by atoms with Crippen LogP contribution in [0.15, 0.2) is 18.2 Å². The summed E-state index contributed by atoms with van der Waals surface area (Å²) in [6.45, 7) is 3.61. The van der Waals surface area contributed by atoms with E-state index in [-0.39, 0.29) is 17.8 Å². The van der Waals surface area contributed by atoms with Gasteiger partial charge in [0.2, 0.25) is 0 Å². The number of halogens is 2. The second kappa shape index (κ2) is 5.58. The lowest BCUT2D eigenvalue weighted by Crippen LogP contribution is -2.00. The number of rotatable bonds is 5. The van der Waals surface area contributed by atoms with Crippen molar-refractivity contribution in [2.45, 2.75) is 26.7 Å². The number of carbonyl (C=O) groups is 1. The van der Waals surface area contributed by atoms with Crippen LogP contribution in [0.5, 0.6) is 5.75 Å². The van der Waals surface area contributed by atoms with Gasteiger partial charge in [0.25, 0.3) is 6.43 Å². The fourth-order valence-electron chi connectivity index (χ4n) is 1.45. The molecule has 2 nitrogen and oxygen atoms in total. The predicted octanol–water partition coefficient (Wildman–Crippen LogP) is 3.15. The van der Waals surface area contributed by atoms with Crippen LogP contribution in [0.4, 0.5) is 8.78 Å². The lowest BCUT2D eigenvalue weighted by molar-refractivity contribution is -0.116. The van der Waals surface area contributed by atoms with Crippen LogP contribution in [0.25, 0.3) is 0 Å². The smallest absolute Gasteiger partial charge is 0.263 e. The largest absolute Gasteiger partial charge is 0.494 e. The lowest BCUT2D eigenvalue weighted by Gasteiger charge is -2.09. The average molecular weight is 228 g/mol. The van der Waals surface area contributed by atoms with Crippen molar-refractivity contribution in [1.82, 2.24) is 0 Å². The number of Topliss-reactive ketones (excluding diaryl/α,β-unsaturated/α-hetero) is 1. The second-order valence-corrected chi connectivity index (χ2v) is 3.52. The minimum atomic E-state index is -2.55. The van der Waals surface area contributed by atoms with Crippen LogP contribution < -0.4 is 4.74 Å². The maximum atomic E-state index is 12.6. The first kappa shape index (κ1) is 12.6. The Kier molecular flexibility index (Phi) is 4.40. The van der Waals surface area contributed by atoms with Crippen LogP contribution in [0, 0.1) is 0 Å². The van der Waals surface area contributed by atoms with Gasteiger partial charge in [0.1, 0.15) is 11.5 Å². The molecule has 1 aromatic carbocycles. The number of alkyl halides is 2. The van der Waals surface area contributed by atoms with Gasteiger partial charge in [-0.2, -0.15) is 0 Å². The van der Waals surface area contributed by atoms with E-state index in [0.29, 0.717) is 17.9 Å². The first-order valence-corrected chi connectivity index (χ1v) is 5.07. The Hall–Kier alpha value is -1.45.